The van der Waals surface area contributed by atoms with Crippen molar-refractivity contribution in [3.63, 3.8) is 0 Å². The third kappa shape index (κ3) is 3.76. The van der Waals surface area contributed by atoms with E-state index in [2.05, 4.69) is 14.5 Å². The van der Waals surface area contributed by atoms with Gasteiger partial charge in [0.2, 0.25) is 0 Å². The molecule has 0 saturated heterocycles. The van der Waals surface area contributed by atoms with Crippen molar-refractivity contribution in [1.82, 2.24) is 4.98 Å². The fraction of sp³-hybridized carbons (Fsp3) is 0.300. The minimum absolute atomic E-state index is 0.207. The van der Waals surface area contributed by atoms with Crippen molar-refractivity contribution in [3.8, 4) is 0 Å². The SMILES string of the molecule is CC(C)OC(=O)OC(=O)c1cccnc1. The maximum Gasteiger partial charge on any atom is 0.516 e. The predicted molar refractivity (Wildman–Crippen MR) is 51.3 cm³/mol. The van der Waals surface area contributed by atoms with E-state index in [0.717, 1.165) is 0 Å². The number of nitrogens with zero attached hydrogens (tertiary/aromatic N) is 1. The maximum atomic E-state index is 11.3. The number of hydrogen-bond acceptors (Lipinski definition) is 5. The monoisotopic (exact) mass is 209 g/mol. The van der Waals surface area contributed by atoms with Gasteiger partial charge in [0.05, 0.1) is 11.7 Å². The zero-order chi connectivity index (χ0) is 11.3. The van der Waals surface area contributed by atoms with Crippen LogP contribution in [0.4, 0.5) is 4.79 Å². The molecular weight excluding hydrogens is 198 g/mol. The maximum absolute atomic E-state index is 11.3. The molecule has 5 heteroatoms. The van der Waals surface area contributed by atoms with E-state index in [1.54, 1.807) is 19.9 Å². The molecule has 0 N–H and O–H groups in total. The van der Waals surface area contributed by atoms with Crippen LogP contribution in [0.2, 0.25) is 0 Å². The highest BCUT2D eigenvalue weighted by Crippen LogP contribution is 2.01. The van der Waals surface area contributed by atoms with E-state index in [9.17, 15) is 9.59 Å². The third-order valence-corrected chi connectivity index (χ3v) is 1.41. The minimum atomic E-state index is -1.00. The second-order valence-electron chi connectivity index (χ2n) is 3.05. The summed E-state index contributed by atoms with van der Waals surface area (Å²) >= 11 is 0. The van der Waals surface area contributed by atoms with Crippen molar-refractivity contribution in [3.05, 3.63) is 30.1 Å². The van der Waals surface area contributed by atoms with Gasteiger partial charge >= 0.3 is 12.1 Å². The van der Waals surface area contributed by atoms with Crippen LogP contribution in [0, 0.1) is 0 Å². The first-order valence-electron chi connectivity index (χ1n) is 4.42. The van der Waals surface area contributed by atoms with Gasteiger partial charge in [0, 0.05) is 12.4 Å². The van der Waals surface area contributed by atoms with Gasteiger partial charge in [0.15, 0.2) is 0 Å². The average Bonchev–Trinajstić information content (AvgIpc) is 2.17. The van der Waals surface area contributed by atoms with Gasteiger partial charge in [-0.15, -0.1) is 0 Å². The summed E-state index contributed by atoms with van der Waals surface area (Å²) in [6.07, 6.45) is 1.51. The van der Waals surface area contributed by atoms with Gasteiger partial charge < -0.3 is 9.47 Å². The molecule has 0 bridgehead atoms. The second kappa shape index (κ2) is 5.09. The molecular formula is C10H11NO4. The van der Waals surface area contributed by atoms with Gasteiger partial charge in [0.1, 0.15) is 0 Å². The number of carbonyl (C=O) groups excluding carboxylic acids is 2. The van der Waals surface area contributed by atoms with Crippen LogP contribution < -0.4 is 0 Å². The van der Waals surface area contributed by atoms with Gasteiger partial charge in [-0.1, -0.05) is 0 Å². The van der Waals surface area contributed by atoms with Crippen LogP contribution in [-0.4, -0.2) is 23.2 Å². The molecule has 0 atom stereocenters. The summed E-state index contributed by atoms with van der Waals surface area (Å²) in [4.78, 5) is 25.9. The third-order valence-electron chi connectivity index (χ3n) is 1.41. The van der Waals surface area contributed by atoms with Crippen LogP contribution in [0.5, 0.6) is 0 Å². The molecule has 0 aliphatic carbocycles. The van der Waals surface area contributed by atoms with Crippen molar-refractivity contribution in [1.29, 1.82) is 0 Å². The molecule has 0 spiro atoms. The molecule has 1 rings (SSSR count). The first-order chi connectivity index (χ1) is 7.09. The zero-order valence-electron chi connectivity index (χ0n) is 8.47. The first kappa shape index (κ1) is 11.2. The molecule has 5 nitrogen and oxygen atoms in total. The predicted octanol–water partition coefficient (Wildman–Crippen LogP) is 1.78. The first-order valence-corrected chi connectivity index (χ1v) is 4.42. The van der Waals surface area contributed by atoms with E-state index in [-0.39, 0.29) is 11.7 Å². The molecule has 0 aromatic carbocycles. The molecule has 1 aromatic heterocycles. The summed E-state index contributed by atoms with van der Waals surface area (Å²) in [6, 6.07) is 3.07. The van der Waals surface area contributed by atoms with Gasteiger partial charge in [-0.05, 0) is 26.0 Å². The lowest BCUT2D eigenvalue weighted by Gasteiger charge is -2.06. The fourth-order valence-electron chi connectivity index (χ4n) is 0.835. The Bertz CT molecular complexity index is 348. The number of aromatic nitrogens is 1. The van der Waals surface area contributed by atoms with Crippen molar-refractivity contribution in [2.24, 2.45) is 0 Å². The van der Waals surface area contributed by atoms with Crippen LogP contribution in [0.25, 0.3) is 0 Å². The number of hydrogen-bond donors (Lipinski definition) is 0. The topological polar surface area (TPSA) is 65.5 Å². The Kier molecular flexibility index (Phi) is 3.79. The van der Waals surface area contributed by atoms with E-state index in [1.807, 2.05) is 0 Å². The molecule has 15 heavy (non-hydrogen) atoms. The van der Waals surface area contributed by atoms with E-state index in [1.165, 1.54) is 18.5 Å². The molecule has 0 radical (unpaired) electrons. The van der Waals surface area contributed by atoms with Crippen LogP contribution in [0.15, 0.2) is 24.5 Å². The average molecular weight is 209 g/mol. The minimum Gasteiger partial charge on any atom is -0.431 e. The highest BCUT2D eigenvalue weighted by Gasteiger charge is 2.14. The lowest BCUT2D eigenvalue weighted by Crippen LogP contribution is -2.17. The Balaban J connectivity index is 2.53. The van der Waals surface area contributed by atoms with E-state index >= 15 is 0 Å². The Hall–Kier alpha value is -1.91. The highest BCUT2D eigenvalue weighted by atomic mass is 16.7. The second-order valence-corrected chi connectivity index (χ2v) is 3.05. The molecule has 0 aliphatic rings. The van der Waals surface area contributed by atoms with E-state index in [0.29, 0.717) is 0 Å². The summed E-state index contributed by atoms with van der Waals surface area (Å²) in [5.74, 6) is -0.770. The summed E-state index contributed by atoms with van der Waals surface area (Å²) in [5.41, 5.74) is 0.207. The molecule has 1 heterocycles. The lowest BCUT2D eigenvalue weighted by atomic mass is 10.3. The molecule has 0 saturated carbocycles. The molecule has 0 amide bonds. The van der Waals surface area contributed by atoms with Crippen molar-refractivity contribution < 1.29 is 19.1 Å². The van der Waals surface area contributed by atoms with Crippen LogP contribution in [0.3, 0.4) is 0 Å². The van der Waals surface area contributed by atoms with Crippen molar-refractivity contribution in [2.75, 3.05) is 0 Å². The number of rotatable bonds is 2. The summed E-state index contributed by atoms with van der Waals surface area (Å²) < 4.78 is 9.05. The van der Waals surface area contributed by atoms with Crippen molar-refractivity contribution in [2.45, 2.75) is 20.0 Å². The standard InChI is InChI=1S/C10H11NO4/c1-7(2)14-10(13)15-9(12)8-4-3-5-11-6-8/h3-7H,1-2H3. The zero-order valence-corrected chi connectivity index (χ0v) is 8.47. The Morgan fingerprint density at radius 3 is 2.67 bits per heavy atom. The quantitative estimate of drug-likeness (QED) is 0.548. The normalized spacial score (nSPS) is 9.80. The van der Waals surface area contributed by atoms with Crippen LogP contribution >= 0.6 is 0 Å². The van der Waals surface area contributed by atoms with Gasteiger partial charge in [-0.25, -0.2) is 9.59 Å². The largest absolute Gasteiger partial charge is 0.516 e. The fourth-order valence-corrected chi connectivity index (χ4v) is 0.835. The Morgan fingerprint density at radius 1 is 1.40 bits per heavy atom. The number of esters is 1. The smallest absolute Gasteiger partial charge is 0.431 e. The number of pyridine rings is 1. The van der Waals surface area contributed by atoms with E-state index in [4.69, 9.17) is 0 Å². The molecule has 0 fully saturated rings. The van der Waals surface area contributed by atoms with Gasteiger partial charge in [-0.2, -0.15) is 0 Å². The highest BCUT2D eigenvalue weighted by molar-refractivity contribution is 5.94. The molecule has 0 aliphatic heterocycles. The summed E-state index contributed by atoms with van der Waals surface area (Å²) in [6.45, 7) is 3.33. The van der Waals surface area contributed by atoms with Gasteiger partial charge in [0.25, 0.3) is 0 Å². The number of carbonyl (C=O) groups is 2. The summed E-state index contributed by atoms with van der Waals surface area (Å²) in [7, 11) is 0. The molecule has 1 aromatic rings. The Morgan fingerprint density at radius 2 is 2.13 bits per heavy atom. The molecule has 0 unspecified atom stereocenters. The van der Waals surface area contributed by atoms with E-state index < -0.39 is 12.1 Å². The molecule has 80 valence electrons. The van der Waals surface area contributed by atoms with Crippen molar-refractivity contribution >= 4 is 12.1 Å². The summed E-state index contributed by atoms with van der Waals surface area (Å²) in [5, 5.41) is 0. The van der Waals surface area contributed by atoms with Gasteiger partial charge in [-0.3, -0.25) is 4.98 Å². The lowest BCUT2D eigenvalue weighted by molar-refractivity contribution is 0.0283. The number of ether oxygens (including phenoxy) is 2. The van der Waals surface area contributed by atoms with Crippen LogP contribution in [0.1, 0.15) is 24.2 Å². The van der Waals surface area contributed by atoms with Crippen LogP contribution in [-0.2, 0) is 9.47 Å². The Labute approximate surface area is 87.0 Å².